The molecule has 2 aromatic carbocycles. The Hall–Kier alpha value is -2.34. The molecule has 0 saturated carbocycles. The molecular weight excluding hydrogens is 386 g/mol. The summed E-state index contributed by atoms with van der Waals surface area (Å²) in [5.74, 6) is -0.0733. The van der Waals surface area contributed by atoms with Crippen molar-refractivity contribution in [2.24, 2.45) is 0 Å². The summed E-state index contributed by atoms with van der Waals surface area (Å²) >= 11 is 6.59. The van der Waals surface area contributed by atoms with E-state index in [2.05, 4.69) is 28.9 Å². The Bertz CT molecular complexity index is 967. The average Bonchev–Trinajstić information content (AvgIpc) is 3.10. The number of nitrogens with zero attached hydrogens (tertiary/aromatic N) is 2. The van der Waals surface area contributed by atoms with E-state index < -0.39 is 0 Å². The summed E-state index contributed by atoms with van der Waals surface area (Å²) in [6.45, 7) is 6.72. The van der Waals surface area contributed by atoms with E-state index in [-0.39, 0.29) is 11.9 Å². The maximum Gasteiger partial charge on any atom is 0.272 e. The van der Waals surface area contributed by atoms with E-state index in [0.29, 0.717) is 17.3 Å². The number of amides is 1. The fourth-order valence-electron chi connectivity index (χ4n) is 3.86. The number of carbonyl (C=O) groups is 1. The van der Waals surface area contributed by atoms with Crippen molar-refractivity contribution in [2.45, 2.75) is 19.5 Å². The van der Waals surface area contributed by atoms with Crippen LogP contribution in [0.5, 0.6) is 0 Å². The average molecular weight is 412 g/mol. The van der Waals surface area contributed by atoms with Gasteiger partial charge < -0.3 is 14.6 Å². The lowest BCUT2D eigenvalue weighted by Crippen LogP contribution is -2.48. The van der Waals surface area contributed by atoms with E-state index in [1.807, 2.05) is 47.4 Å². The first-order chi connectivity index (χ1) is 14.1. The molecule has 0 aliphatic carbocycles. The first-order valence-electron chi connectivity index (χ1n) is 10.0. The van der Waals surface area contributed by atoms with Crippen LogP contribution in [-0.4, -0.2) is 59.6 Å². The maximum atomic E-state index is 13.6. The van der Waals surface area contributed by atoms with E-state index in [4.69, 9.17) is 16.3 Å². The van der Waals surface area contributed by atoms with Gasteiger partial charge in [-0.3, -0.25) is 9.69 Å². The van der Waals surface area contributed by atoms with Crippen molar-refractivity contribution in [1.82, 2.24) is 14.8 Å². The van der Waals surface area contributed by atoms with Gasteiger partial charge in [0.1, 0.15) is 5.69 Å². The van der Waals surface area contributed by atoms with Crippen molar-refractivity contribution in [1.29, 1.82) is 0 Å². The minimum Gasteiger partial charge on any atom is -0.379 e. The highest BCUT2D eigenvalue weighted by molar-refractivity contribution is 6.38. The molecule has 1 unspecified atom stereocenters. The Balaban J connectivity index is 1.62. The van der Waals surface area contributed by atoms with Gasteiger partial charge in [-0.25, -0.2) is 0 Å². The third kappa shape index (κ3) is 4.47. The second kappa shape index (κ2) is 8.99. The van der Waals surface area contributed by atoms with Crippen LogP contribution in [0.15, 0.2) is 54.6 Å². The van der Waals surface area contributed by atoms with Crippen LogP contribution in [0.2, 0.25) is 5.02 Å². The molecule has 5 nitrogen and oxygen atoms in total. The predicted octanol–water partition coefficient (Wildman–Crippen LogP) is 4.18. The number of H-pyrrole nitrogens is 1. The van der Waals surface area contributed by atoms with Crippen LogP contribution in [0.1, 0.15) is 23.0 Å². The minimum absolute atomic E-state index is 0.0308. The number of hydrogen-bond acceptors (Lipinski definition) is 3. The largest absolute Gasteiger partial charge is 0.379 e. The van der Waals surface area contributed by atoms with Gasteiger partial charge in [-0.2, -0.15) is 0 Å². The lowest BCUT2D eigenvalue weighted by molar-refractivity contribution is 0.0227. The number of benzene rings is 2. The van der Waals surface area contributed by atoms with Gasteiger partial charge in [-0.15, -0.1) is 0 Å². The number of para-hydroxylation sites is 1. The van der Waals surface area contributed by atoms with Gasteiger partial charge in [-0.1, -0.05) is 60.1 Å². The van der Waals surface area contributed by atoms with Gasteiger partial charge in [0.25, 0.3) is 5.91 Å². The van der Waals surface area contributed by atoms with Crippen molar-refractivity contribution in [2.75, 3.05) is 32.8 Å². The normalized spacial score (nSPS) is 16.1. The smallest absolute Gasteiger partial charge is 0.272 e. The molecule has 6 heteroatoms. The van der Waals surface area contributed by atoms with Crippen molar-refractivity contribution >= 4 is 28.4 Å². The lowest BCUT2D eigenvalue weighted by Gasteiger charge is -2.35. The summed E-state index contributed by atoms with van der Waals surface area (Å²) in [6, 6.07) is 17.9. The van der Waals surface area contributed by atoms with Crippen LogP contribution in [0.4, 0.5) is 0 Å². The first-order valence-corrected chi connectivity index (χ1v) is 10.4. The van der Waals surface area contributed by atoms with E-state index >= 15 is 0 Å². The van der Waals surface area contributed by atoms with E-state index in [9.17, 15) is 4.79 Å². The minimum atomic E-state index is -0.0733. The second-order valence-electron chi connectivity index (χ2n) is 7.54. The van der Waals surface area contributed by atoms with Gasteiger partial charge in [0.15, 0.2) is 0 Å². The molecule has 0 bridgehead atoms. The molecule has 3 aromatic rings. The molecule has 2 heterocycles. The van der Waals surface area contributed by atoms with Crippen molar-refractivity contribution < 1.29 is 9.53 Å². The van der Waals surface area contributed by atoms with Gasteiger partial charge in [0.2, 0.25) is 0 Å². The number of rotatable bonds is 6. The fraction of sp³-hybridized carbons (Fsp3) is 0.348. The molecule has 1 aromatic heterocycles. The summed E-state index contributed by atoms with van der Waals surface area (Å²) in [4.78, 5) is 21.1. The quantitative estimate of drug-likeness (QED) is 0.661. The molecule has 29 heavy (non-hydrogen) atoms. The highest BCUT2D eigenvalue weighted by Gasteiger charge is 2.27. The highest BCUT2D eigenvalue weighted by atomic mass is 35.5. The fourth-order valence-corrected chi connectivity index (χ4v) is 4.16. The van der Waals surface area contributed by atoms with Crippen LogP contribution >= 0.6 is 11.6 Å². The first kappa shape index (κ1) is 20.0. The topological polar surface area (TPSA) is 48.6 Å². The van der Waals surface area contributed by atoms with E-state index in [0.717, 1.165) is 49.3 Å². The molecule has 1 aliphatic rings. The number of nitrogens with one attached hydrogen (secondary N) is 1. The molecule has 152 valence electrons. The molecule has 0 radical (unpaired) electrons. The van der Waals surface area contributed by atoms with Crippen LogP contribution in [0.25, 0.3) is 10.9 Å². The predicted molar refractivity (Wildman–Crippen MR) is 116 cm³/mol. The number of carbonyl (C=O) groups excluding carboxylic acids is 1. The van der Waals surface area contributed by atoms with Gasteiger partial charge in [-0.05, 0) is 18.6 Å². The Labute approximate surface area is 176 Å². The Morgan fingerprint density at radius 2 is 1.83 bits per heavy atom. The molecule has 0 spiro atoms. The standard InChI is InChI=1S/C23H26ClN3O2/c1-17(15-26-11-13-29-14-12-26)27(16-18-7-3-2-4-8-18)23(28)22-21(24)19-9-5-6-10-20(19)25-22/h2-10,17,25H,11-16H2,1H3. The number of ether oxygens (including phenoxy) is 1. The summed E-state index contributed by atoms with van der Waals surface area (Å²) in [7, 11) is 0. The second-order valence-corrected chi connectivity index (χ2v) is 7.92. The third-order valence-corrected chi connectivity index (χ3v) is 5.86. The zero-order valence-electron chi connectivity index (χ0n) is 16.6. The van der Waals surface area contributed by atoms with Gasteiger partial charge in [0.05, 0.1) is 18.2 Å². The molecule has 1 N–H and O–H groups in total. The van der Waals surface area contributed by atoms with Gasteiger partial charge in [0, 0.05) is 43.1 Å². The summed E-state index contributed by atoms with van der Waals surface area (Å²) in [6.07, 6.45) is 0. The molecule has 1 atom stereocenters. The zero-order chi connectivity index (χ0) is 20.2. The summed E-state index contributed by atoms with van der Waals surface area (Å²) < 4.78 is 5.46. The van der Waals surface area contributed by atoms with E-state index in [1.54, 1.807) is 0 Å². The molecule has 1 amide bonds. The SMILES string of the molecule is CC(CN1CCOCC1)N(Cc1ccccc1)C(=O)c1[nH]c2ccccc2c1Cl. The third-order valence-electron chi connectivity index (χ3n) is 5.47. The van der Waals surface area contributed by atoms with Crippen LogP contribution in [0.3, 0.4) is 0 Å². The van der Waals surface area contributed by atoms with Gasteiger partial charge >= 0.3 is 0 Å². The number of aromatic nitrogens is 1. The Morgan fingerprint density at radius 1 is 1.14 bits per heavy atom. The summed E-state index contributed by atoms with van der Waals surface area (Å²) in [5, 5.41) is 1.36. The molecule has 1 fully saturated rings. The van der Waals surface area contributed by atoms with Crippen LogP contribution in [0, 0.1) is 0 Å². The number of fused-ring (bicyclic) bond motifs is 1. The molecular formula is C23H26ClN3O2. The Kier molecular flexibility index (Phi) is 6.19. The van der Waals surface area contributed by atoms with Crippen molar-refractivity contribution in [3.8, 4) is 0 Å². The van der Waals surface area contributed by atoms with Crippen LogP contribution in [-0.2, 0) is 11.3 Å². The maximum absolute atomic E-state index is 13.6. The number of hydrogen-bond donors (Lipinski definition) is 1. The molecule has 1 saturated heterocycles. The Morgan fingerprint density at radius 3 is 2.55 bits per heavy atom. The highest BCUT2D eigenvalue weighted by Crippen LogP contribution is 2.29. The van der Waals surface area contributed by atoms with Crippen molar-refractivity contribution in [3.05, 3.63) is 70.9 Å². The van der Waals surface area contributed by atoms with Crippen LogP contribution < -0.4 is 0 Å². The number of morpholine rings is 1. The monoisotopic (exact) mass is 411 g/mol. The summed E-state index contributed by atoms with van der Waals surface area (Å²) in [5.41, 5.74) is 2.43. The van der Waals surface area contributed by atoms with E-state index in [1.165, 1.54) is 0 Å². The van der Waals surface area contributed by atoms with Crippen molar-refractivity contribution in [3.63, 3.8) is 0 Å². The molecule has 4 rings (SSSR count). The lowest BCUT2D eigenvalue weighted by atomic mass is 10.1. The number of halogens is 1. The molecule has 1 aliphatic heterocycles. The number of aromatic amines is 1. The zero-order valence-corrected chi connectivity index (χ0v) is 17.4.